The van der Waals surface area contributed by atoms with E-state index in [0.717, 1.165) is 5.69 Å². The van der Waals surface area contributed by atoms with Gasteiger partial charge in [0.1, 0.15) is 5.75 Å². The van der Waals surface area contributed by atoms with Crippen LogP contribution in [-0.4, -0.2) is 29.2 Å². The molecule has 3 nitrogen and oxygen atoms in total. The van der Waals surface area contributed by atoms with Crippen LogP contribution in [0.1, 0.15) is 5.69 Å². The van der Waals surface area contributed by atoms with Crippen molar-refractivity contribution in [2.45, 2.75) is 6.92 Å². The summed E-state index contributed by atoms with van der Waals surface area (Å²) < 4.78 is 5.33. The van der Waals surface area contributed by atoms with Crippen LogP contribution in [0.5, 0.6) is 5.75 Å². The molecule has 0 aliphatic heterocycles. The second kappa shape index (κ2) is 4.18. The summed E-state index contributed by atoms with van der Waals surface area (Å²) in [5.41, 5.74) is 0.961. The molecule has 4 heteroatoms. The zero-order valence-electron chi connectivity index (χ0n) is 7.94. The molecule has 0 N–H and O–H groups in total. The number of pyridine rings is 1. The van der Waals surface area contributed by atoms with Gasteiger partial charge in [0.2, 0.25) is 0 Å². The zero-order valence-corrected chi connectivity index (χ0v) is 8.76. The molecule has 0 aliphatic rings. The molecule has 0 bridgehead atoms. The molecule has 1 heterocycles. The van der Waals surface area contributed by atoms with E-state index in [0.29, 0.717) is 10.9 Å². The number of hydrogen-bond acceptors (Lipinski definition) is 3. The van der Waals surface area contributed by atoms with Crippen molar-refractivity contribution in [1.82, 2.24) is 9.88 Å². The van der Waals surface area contributed by atoms with Gasteiger partial charge in [-0.15, -0.1) is 0 Å². The second-order valence-corrected chi connectivity index (χ2v) is 3.25. The average molecular weight is 196 g/mol. The van der Waals surface area contributed by atoms with E-state index >= 15 is 0 Å². The van der Waals surface area contributed by atoms with Crippen LogP contribution in [0, 0.1) is 6.92 Å². The molecule has 1 aromatic rings. The minimum atomic E-state index is 0.436. The van der Waals surface area contributed by atoms with Crippen molar-refractivity contribution in [2.75, 3.05) is 14.1 Å². The first-order valence-corrected chi connectivity index (χ1v) is 4.32. The minimum absolute atomic E-state index is 0.436. The highest BCUT2D eigenvalue weighted by molar-refractivity contribution is 7.80. The molecular formula is C9H12N2OS. The summed E-state index contributed by atoms with van der Waals surface area (Å²) in [4.78, 5) is 5.82. The number of ether oxygens (including phenoxy) is 1. The van der Waals surface area contributed by atoms with Crippen LogP contribution in [0.2, 0.25) is 0 Å². The van der Waals surface area contributed by atoms with E-state index in [1.54, 1.807) is 11.1 Å². The Hall–Kier alpha value is -1.16. The van der Waals surface area contributed by atoms with Gasteiger partial charge in [-0.3, -0.25) is 4.98 Å². The first-order valence-electron chi connectivity index (χ1n) is 3.91. The van der Waals surface area contributed by atoms with Gasteiger partial charge in [0.25, 0.3) is 5.17 Å². The summed E-state index contributed by atoms with van der Waals surface area (Å²) in [6, 6.07) is 3.73. The molecule has 0 atom stereocenters. The van der Waals surface area contributed by atoms with Gasteiger partial charge in [-0.25, -0.2) is 0 Å². The van der Waals surface area contributed by atoms with Crippen molar-refractivity contribution < 1.29 is 4.74 Å². The molecule has 0 saturated heterocycles. The minimum Gasteiger partial charge on any atom is -0.430 e. The number of aryl methyl sites for hydroxylation is 1. The van der Waals surface area contributed by atoms with Crippen LogP contribution in [0.4, 0.5) is 0 Å². The Labute approximate surface area is 83.3 Å². The summed E-state index contributed by atoms with van der Waals surface area (Å²) >= 11 is 4.97. The van der Waals surface area contributed by atoms with Gasteiger partial charge in [-0.05, 0) is 31.3 Å². The lowest BCUT2D eigenvalue weighted by Gasteiger charge is -2.13. The van der Waals surface area contributed by atoms with E-state index < -0.39 is 0 Å². The predicted molar refractivity (Wildman–Crippen MR) is 55.9 cm³/mol. The van der Waals surface area contributed by atoms with Crippen molar-refractivity contribution >= 4 is 17.4 Å². The molecule has 0 spiro atoms. The molecule has 0 aliphatic carbocycles. The molecule has 0 amide bonds. The van der Waals surface area contributed by atoms with Crippen LogP contribution in [0.15, 0.2) is 18.3 Å². The van der Waals surface area contributed by atoms with Crippen molar-refractivity contribution in [3.63, 3.8) is 0 Å². The van der Waals surface area contributed by atoms with Gasteiger partial charge in [-0.2, -0.15) is 0 Å². The fourth-order valence-electron chi connectivity index (χ4n) is 0.707. The number of nitrogens with zero attached hydrogens (tertiary/aromatic N) is 2. The molecule has 0 saturated carbocycles. The maximum Gasteiger partial charge on any atom is 0.264 e. The smallest absolute Gasteiger partial charge is 0.264 e. The Kier molecular flexibility index (Phi) is 3.19. The molecule has 0 fully saturated rings. The van der Waals surface area contributed by atoms with E-state index in [4.69, 9.17) is 17.0 Å². The third kappa shape index (κ3) is 2.99. The number of aromatic nitrogens is 1. The molecule has 1 aromatic heterocycles. The lowest BCUT2D eigenvalue weighted by atomic mass is 10.4. The standard InChI is InChI=1S/C9H12N2OS/c1-7-4-5-8(6-10-7)12-9(13)11(2)3/h4-6H,1-3H3. The highest BCUT2D eigenvalue weighted by Crippen LogP contribution is 2.09. The van der Waals surface area contributed by atoms with E-state index in [9.17, 15) is 0 Å². The molecule has 70 valence electrons. The van der Waals surface area contributed by atoms with E-state index in [-0.39, 0.29) is 0 Å². The summed E-state index contributed by atoms with van der Waals surface area (Å²) in [5.74, 6) is 0.671. The first-order chi connectivity index (χ1) is 6.09. The topological polar surface area (TPSA) is 25.4 Å². The summed E-state index contributed by atoms with van der Waals surface area (Å²) in [6.07, 6.45) is 1.66. The quantitative estimate of drug-likeness (QED) is 0.637. The fourth-order valence-corrected chi connectivity index (χ4v) is 0.803. The van der Waals surface area contributed by atoms with Gasteiger partial charge in [0, 0.05) is 19.8 Å². The molecule has 0 unspecified atom stereocenters. The number of rotatable bonds is 1. The van der Waals surface area contributed by atoms with E-state index in [1.165, 1.54) is 0 Å². The highest BCUT2D eigenvalue weighted by atomic mass is 32.1. The lowest BCUT2D eigenvalue weighted by molar-refractivity contribution is 0.448. The van der Waals surface area contributed by atoms with Crippen molar-refractivity contribution in [3.05, 3.63) is 24.0 Å². The van der Waals surface area contributed by atoms with Gasteiger partial charge in [0.05, 0.1) is 6.20 Å². The van der Waals surface area contributed by atoms with Gasteiger partial charge in [-0.1, -0.05) is 0 Å². The van der Waals surface area contributed by atoms with E-state index in [1.807, 2.05) is 33.2 Å². The third-order valence-corrected chi connectivity index (χ3v) is 1.90. The molecule has 0 radical (unpaired) electrons. The monoisotopic (exact) mass is 196 g/mol. The fraction of sp³-hybridized carbons (Fsp3) is 0.333. The lowest BCUT2D eigenvalue weighted by Crippen LogP contribution is -2.24. The Morgan fingerprint density at radius 2 is 2.15 bits per heavy atom. The third-order valence-electron chi connectivity index (χ3n) is 1.45. The molecular weight excluding hydrogens is 184 g/mol. The predicted octanol–water partition coefficient (Wildman–Crippen LogP) is 1.62. The Morgan fingerprint density at radius 1 is 1.46 bits per heavy atom. The largest absolute Gasteiger partial charge is 0.430 e. The van der Waals surface area contributed by atoms with Crippen molar-refractivity contribution in [2.24, 2.45) is 0 Å². The van der Waals surface area contributed by atoms with Crippen LogP contribution in [0.3, 0.4) is 0 Å². The maximum absolute atomic E-state index is 5.33. The number of thiocarbonyl (C=S) groups is 1. The summed E-state index contributed by atoms with van der Waals surface area (Å²) in [7, 11) is 3.67. The summed E-state index contributed by atoms with van der Waals surface area (Å²) in [6.45, 7) is 1.92. The van der Waals surface area contributed by atoms with E-state index in [2.05, 4.69) is 4.98 Å². The van der Waals surface area contributed by atoms with Crippen molar-refractivity contribution in [3.8, 4) is 5.75 Å². The van der Waals surface area contributed by atoms with Gasteiger partial charge in [0.15, 0.2) is 0 Å². The number of hydrogen-bond donors (Lipinski definition) is 0. The SMILES string of the molecule is Cc1ccc(OC(=S)N(C)C)cn1. The zero-order chi connectivity index (χ0) is 9.84. The highest BCUT2D eigenvalue weighted by Gasteiger charge is 2.01. The van der Waals surface area contributed by atoms with Gasteiger partial charge < -0.3 is 9.64 Å². The first kappa shape index (κ1) is 9.92. The Morgan fingerprint density at radius 3 is 2.62 bits per heavy atom. The van der Waals surface area contributed by atoms with Crippen LogP contribution in [-0.2, 0) is 0 Å². The average Bonchev–Trinajstić information content (AvgIpc) is 2.08. The van der Waals surface area contributed by atoms with Gasteiger partial charge >= 0.3 is 0 Å². The molecule has 0 aromatic carbocycles. The maximum atomic E-state index is 5.33. The molecule has 1 rings (SSSR count). The van der Waals surface area contributed by atoms with Crippen LogP contribution >= 0.6 is 12.2 Å². The second-order valence-electron chi connectivity index (χ2n) is 2.90. The molecule has 13 heavy (non-hydrogen) atoms. The normalized spacial score (nSPS) is 9.46. The van der Waals surface area contributed by atoms with Crippen LogP contribution < -0.4 is 4.74 Å². The Bertz CT molecular complexity index is 295. The van der Waals surface area contributed by atoms with Crippen molar-refractivity contribution in [1.29, 1.82) is 0 Å². The Balaban J connectivity index is 2.65. The summed E-state index contributed by atoms with van der Waals surface area (Å²) in [5, 5.41) is 0.436. The van der Waals surface area contributed by atoms with Crippen LogP contribution in [0.25, 0.3) is 0 Å².